The van der Waals surface area contributed by atoms with Crippen molar-refractivity contribution in [2.24, 2.45) is 5.41 Å². The van der Waals surface area contributed by atoms with Crippen LogP contribution in [-0.2, 0) is 12.8 Å². The van der Waals surface area contributed by atoms with Crippen molar-refractivity contribution in [2.45, 2.75) is 52.0 Å². The summed E-state index contributed by atoms with van der Waals surface area (Å²) >= 11 is 6.37. The Kier molecular flexibility index (Phi) is 3.07. The molecule has 0 bridgehead atoms. The summed E-state index contributed by atoms with van der Waals surface area (Å²) in [7, 11) is 0. The molecule has 0 spiro atoms. The van der Waals surface area contributed by atoms with Gasteiger partial charge in [-0.05, 0) is 44.1 Å². The lowest BCUT2D eigenvalue weighted by atomic mass is 9.76. The van der Waals surface area contributed by atoms with Crippen molar-refractivity contribution >= 4 is 11.6 Å². The van der Waals surface area contributed by atoms with E-state index in [2.05, 4.69) is 24.1 Å². The first-order valence-electron chi connectivity index (χ1n) is 6.84. The third-order valence-electron chi connectivity index (χ3n) is 4.13. The molecule has 0 aromatic carbocycles. The second-order valence-corrected chi connectivity index (χ2v) is 6.65. The van der Waals surface area contributed by atoms with E-state index >= 15 is 0 Å². The molecule has 0 saturated carbocycles. The summed E-state index contributed by atoms with van der Waals surface area (Å²) in [5, 5.41) is 4.12. The molecule has 1 aromatic rings. The number of rotatable bonds is 1. The second-order valence-electron chi connectivity index (χ2n) is 6.29. The number of nitrogens with zero attached hydrogens (tertiary/aromatic N) is 2. The third kappa shape index (κ3) is 2.26. The van der Waals surface area contributed by atoms with Crippen LogP contribution >= 0.6 is 11.6 Å². The van der Waals surface area contributed by atoms with Crippen molar-refractivity contribution < 1.29 is 0 Å². The molecule has 1 aliphatic heterocycles. The zero-order chi connectivity index (χ0) is 12.8. The zero-order valence-corrected chi connectivity index (χ0v) is 11.8. The Morgan fingerprint density at radius 2 is 2.17 bits per heavy atom. The molecule has 1 atom stereocenters. The summed E-state index contributed by atoms with van der Waals surface area (Å²) < 4.78 is 0. The fourth-order valence-corrected chi connectivity index (χ4v) is 3.25. The van der Waals surface area contributed by atoms with Gasteiger partial charge in [-0.3, -0.25) is 0 Å². The van der Waals surface area contributed by atoms with Crippen LogP contribution in [0.3, 0.4) is 0 Å². The predicted octanol–water partition coefficient (Wildman–Crippen LogP) is 3.07. The second kappa shape index (κ2) is 4.46. The summed E-state index contributed by atoms with van der Waals surface area (Å²) in [6, 6.07) is 0.308. The van der Waals surface area contributed by atoms with Crippen LogP contribution in [0.15, 0.2) is 0 Å². The molecule has 98 valence electrons. The fourth-order valence-electron chi connectivity index (χ4n) is 2.98. The fraction of sp³-hybridized carbons (Fsp3) is 0.714. The molecular formula is C14H20ClN3. The molecule has 1 fully saturated rings. The number of hydrogen-bond acceptors (Lipinski definition) is 3. The lowest BCUT2D eigenvalue weighted by Crippen LogP contribution is -2.25. The molecule has 1 aromatic heterocycles. The van der Waals surface area contributed by atoms with Crippen LogP contribution in [-0.4, -0.2) is 16.5 Å². The van der Waals surface area contributed by atoms with Gasteiger partial charge < -0.3 is 5.32 Å². The lowest BCUT2D eigenvalue weighted by Gasteiger charge is -2.31. The molecular weight excluding hydrogens is 246 g/mol. The Morgan fingerprint density at radius 3 is 2.89 bits per heavy atom. The van der Waals surface area contributed by atoms with Crippen LogP contribution in [0.5, 0.6) is 0 Å². The average molecular weight is 266 g/mol. The quantitative estimate of drug-likeness (QED) is 0.793. The highest BCUT2D eigenvalue weighted by atomic mass is 35.5. The van der Waals surface area contributed by atoms with Crippen molar-refractivity contribution in [3.63, 3.8) is 0 Å². The Bertz CT molecular complexity index is 464. The molecule has 2 aliphatic rings. The number of hydrogen-bond donors (Lipinski definition) is 1. The molecule has 2 heterocycles. The number of aromatic nitrogens is 2. The molecule has 0 radical (unpaired) electrons. The van der Waals surface area contributed by atoms with Gasteiger partial charge in [-0.2, -0.15) is 0 Å². The van der Waals surface area contributed by atoms with E-state index in [1.165, 1.54) is 24.1 Å². The Hall–Kier alpha value is -0.670. The van der Waals surface area contributed by atoms with Gasteiger partial charge in [-0.15, -0.1) is 0 Å². The van der Waals surface area contributed by atoms with Crippen molar-refractivity contribution in [2.75, 3.05) is 6.54 Å². The Morgan fingerprint density at radius 1 is 1.33 bits per heavy atom. The molecule has 4 heteroatoms. The van der Waals surface area contributed by atoms with E-state index < -0.39 is 0 Å². The van der Waals surface area contributed by atoms with Gasteiger partial charge in [0.15, 0.2) is 0 Å². The van der Waals surface area contributed by atoms with Gasteiger partial charge in [-0.1, -0.05) is 25.4 Å². The highest BCUT2D eigenvalue weighted by Crippen LogP contribution is 2.37. The van der Waals surface area contributed by atoms with Crippen molar-refractivity contribution in [3.8, 4) is 0 Å². The molecule has 1 saturated heterocycles. The molecule has 0 amide bonds. The third-order valence-corrected chi connectivity index (χ3v) is 4.44. The summed E-state index contributed by atoms with van der Waals surface area (Å²) in [4.78, 5) is 9.29. The molecule has 0 unspecified atom stereocenters. The first-order valence-corrected chi connectivity index (χ1v) is 7.21. The molecule has 1 N–H and O–H groups in total. The minimum absolute atomic E-state index is 0.308. The topological polar surface area (TPSA) is 37.8 Å². The van der Waals surface area contributed by atoms with Gasteiger partial charge in [0, 0.05) is 11.3 Å². The van der Waals surface area contributed by atoms with E-state index in [0.717, 1.165) is 31.6 Å². The minimum Gasteiger partial charge on any atom is -0.307 e. The number of aryl methyl sites for hydroxylation is 1. The standard InChI is InChI=1S/C14H20ClN3/c1-14(2)6-5-10-9(8-14)12(15)18-13(17-10)11-4-3-7-16-11/h11,16H,3-8H2,1-2H3/t11-/m0/s1. The first-order chi connectivity index (χ1) is 8.55. The van der Waals surface area contributed by atoms with Crippen molar-refractivity contribution in [3.05, 3.63) is 22.2 Å². The van der Waals surface area contributed by atoms with E-state index in [9.17, 15) is 0 Å². The molecule has 18 heavy (non-hydrogen) atoms. The molecule has 3 rings (SSSR count). The minimum atomic E-state index is 0.308. The number of nitrogens with one attached hydrogen (secondary N) is 1. The van der Waals surface area contributed by atoms with Crippen molar-refractivity contribution in [1.82, 2.24) is 15.3 Å². The van der Waals surface area contributed by atoms with E-state index in [0.29, 0.717) is 16.6 Å². The highest BCUT2D eigenvalue weighted by molar-refractivity contribution is 6.30. The van der Waals surface area contributed by atoms with Gasteiger partial charge in [0.1, 0.15) is 11.0 Å². The van der Waals surface area contributed by atoms with Crippen molar-refractivity contribution in [1.29, 1.82) is 0 Å². The molecule has 3 nitrogen and oxygen atoms in total. The van der Waals surface area contributed by atoms with Crippen LogP contribution in [0.4, 0.5) is 0 Å². The van der Waals surface area contributed by atoms with Gasteiger partial charge in [0.25, 0.3) is 0 Å². The smallest absolute Gasteiger partial charge is 0.147 e. The van der Waals surface area contributed by atoms with E-state index in [-0.39, 0.29) is 0 Å². The van der Waals surface area contributed by atoms with Gasteiger partial charge in [0.05, 0.1) is 6.04 Å². The summed E-state index contributed by atoms with van der Waals surface area (Å²) in [5.41, 5.74) is 2.68. The van der Waals surface area contributed by atoms with Gasteiger partial charge in [-0.25, -0.2) is 9.97 Å². The van der Waals surface area contributed by atoms with E-state index in [4.69, 9.17) is 16.6 Å². The van der Waals surface area contributed by atoms with Gasteiger partial charge in [0.2, 0.25) is 0 Å². The van der Waals surface area contributed by atoms with E-state index in [1.807, 2.05) is 0 Å². The maximum atomic E-state index is 6.37. The largest absolute Gasteiger partial charge is 0.307 e. The Labute approximate surface area is 113 Å². The summed E-state index contributed by atoms with van der Waals surface area (Å²) in [6.07, 6.45) is 5.55. The monoisotopic (exact) mass is 265 g/mol. The SMILES string of the molecule is CC1(C)CCc2nc([C@@H]3CCCN3)nc(Cl)c2C1. The summed E-state index contributed by atoms with van der Waals surface area (Å²) in [5.74, 6) is 0.899. The van der Waals surface area contributed by atoms with Gasteiger partial charge >= 0.3 is 0 Å². The summed E-state index contributed by atoms with van der Waals surface area (Å²) in [6.45, 7) is 5.65. The zero-order valence-electron chi connectivity index (χ0n) is 11.1. The van der Waals surface area contributed by atoms with Crippen LogP contribution in [0, 0.1) is 5.41 Å². The van der Waals surface area contributed by atoms with Crippen LogP contribution in [0.25, 0.3) is 0 Å². The van der Waals surface area contributed by atoms with Crippen LogP contribution in [0.1, 0.15) is 56.2 Å². The van der Waals surface area contributed by atoms with Crippen LogP contribution in [0.2, 0.25) is 5.15 Å². The number of halogens is 1. The van der Waals surface area contributed by atoms with Crippen LogP contribution < -0.4 is 5.32 Å². The maximum absolute atomic E-state index is 6.37. The first kappa shape index (κ1) is 12.4. The predicted molar refractivity (Wildman–Crippen MR) is 72.8 cm³/mol. The lowest BCUT2D eigenvalue weighted by molar-refractivity contribution is 0.310. The Balaban J connectivity index is 1.96. The van der Waals surface area contributed by atoms with E-state index in [1.54, 1.807) is 0 Å². The average Bonchev–Trinajstić information content (AvgIpc) is 2.83. The number of fused-ring (bicyclic) bond motifs is 1. The highest BCUT2D eigenvalue weighted by Gasteiger charge is 2.30. The maximum Gasteiger partial charge on any atom is 0.147 e. The molecule has 1 aliphatic carbocycles. The normalized spacial score (nSPS) is 26.1.